The van der Waals surface area contributed by atoms with Crippen molar-refractivity contribution in [1.29, 1.82) is 5.26 Å². The Kier molecular flexibility index (Phi) is 7.30. The van der Waals surface area contributed by atoms with Gasteiger partial charge in [0.25, 0.3) is 0 Å². The fourth-order valence-corrected chi connectivity index (χ4v) is 5.75. The van der Waals surface area contributed by atoms with Gasteiger partial charge in [-0.15, -0.1) is 0 Å². The molecule has 0 spiro atoms. The van der Waals surface area contributed by atoms with E-state index in [2.05, 4.69) is 60.6 Å². The molecule has 0 aliphatic heterocycles. The molecule has 4 rings (SSSR count). The minimum absolute atomic E-state index is 0.0772. The molecule has 1 aliphatic carbocycles. The molecule has 6 heteroatoms. The molecular weight excluding hydrogens is 425 g/mol. The number of pyridine rings is 1. The van der Waals surface area contributed by atoms with Crippen LogP contribution < -0.4 is 0 Å². The lowest BCUT2D eigenvalue weighted by Crippen LogP contribution is -2.15. The zero-order chi connectivity index (χ0) is 24.4. The highest BCUT2D eigenvalue weighted by atomic mass is 19.1. The smallest absolute Gasteiger partial charge is 0.148 e. The molecule has 3 atom stereocenters. The van der Waals surface area contributed by atoms with Gasteiger partial charge in [0.2, 0.25) is 0 Å². The lowest BCUT2D eigenvalue weighted by Gasteiger charge is -2.20. The molecule has 1 saturated carbocycles. The first-order chi connectivity index (χ1) is 16.4. The summed E-state index contributed by atoms with van der Waals surface area (Å²) in [7, 11) is 0. The predicted molar refractivity (Wildman–Crippen MR) is 133 cm³/mol. The van der Waals surface area contributed by atoms with E-state index in [0.717, 1.165) is 72.1 Å². The monoisotopic (exact) mass is 461 g/mol. The molecule has 0 N–H and O–H groups in total. The molecule has 3 unspecified atom stereocenters. The number of fused-ring (bicyclic) bond motifs is 1. The van der Waals surface area contributed by atoms with Gasteiger partial charge in [0.1, 0.15) is 17.8 Å². The number of halogens is 1. The summed E-state index contributed by atoms with van der Waals surface area (Å²) in [6, 6.07) is 4.69. The van der Waals surface area contributed by atoms with Crippen LogP contribution in [0.2, 0.25) is 0 Å². The van der Waals surface area contributed by atoms with Crippen molar-refractivity contribution in [1.82, 2.24) is 19.5 Å². The number of hydrogen-bond donors (Lipinski definition) is 0. The fourth-order valence-electron chi connectivity index (χ4n) is 5.75. The summed E-state index contributed by atoms with van der Waals surface area (Å²) in [4.78, 5) is 13.7. The first-order valence-corrected chi connectivity index (χ1v) is 12.7. The van der Waals surface area contributed by atoms with Crippen molar-refractivity contribution in [2.75, 3.05) is 0 Å². The maximum Gasteiger partial charge on any atom is 0.148 e. The van der Waals surface area contributed by atoms with Crippen LogP contribution in [0.1, 0.15) is 81.2 Å². The standard InChI is InChI=1S/C28H36FN5/c1-6-8-23-21(7-2)24(33-25(27(23)29)11-17(3)4)13-19-12-20(15-30)26(14-19)34-10-9-22-18(5)31-16-32-28(22)34/h9-10,16-17,19-20,26H,6-8,11-14H2,1-5H3. The Hall–Kier alpha value is -2.81. The summed E-state index contributed by atoms with van der Waals surface area (Å²) in [5.74, 6) is 0.513. The molecule has 5 nitrogen and oxygen atoms in total. The van der Waals surface area contributed by atoms with Crippen LogP contribution in [0.5, 0.6) is 0 Å². The molecule has 1 fully saturated rings. The predicted octanol–water partition coefficient (Wildman–Crippen LogP) is 6.32. The molecule has 0 saturated heterocycles. The van der Waals surface area contributed by atoms with E-state index in [1.54, 1.807) is 6.33 Å². The number of nitrogens with zero attached hydrogens (tertiary/aromatic N) is 5. The third kappa shape index (κ3) is 4.58. The first kappa shape index (κ1) is 24.3. The van der Waals surface area contributed by atoms with Crippen LogP contribution in [-0.2, 0) is 25.7 Å². The molecule has 0 aromatic carbocycles. The topological polar surface area (TPSA) is 67.4 Å². The van der Waals surface area contributed by atoms with E-state index < -0.39 is 0 Å². The van der Waals surface area contributed by atoms with Crippen molar-refractivity contribution in [3.63, 3.8) is 0 Å². The quantitative estimate of drug-likeness (QED) is 0.394. The molecule has 34 heavy (non-hydrogen) atoms. The van der Waals surface area contributed by atoms with Crippen LogP contribution >= 0.6 is 0 Å². The molecule has 0 radical (unpaired) electrons. The molecule has 3 aromatic heterocycles. The van der Waals surface area contributed by atoms with Gasteiger partial charge in [-0.2, -0.15) is 5.26 Å². The van der Waals surface area contributed by atoms with Gasteiger partial charge < -0.3 is 4.57 Å². The van der Waals surface area contributed by atoms with Crippen molar-refractivity contribution >= 4 is 11.0 Å². The summed E-state index contributed by atoms with van der Waals surface area (Å²) in [5.41, 5.74) is 5.45. The van der Waals surface area contributed by atoms with E-state index in [1.165, 1.54) is 0 Å². The number of hydrogen-bond acceptors (Lipinski definition) is 4. The Morgan fingerprint density at radius 3 is 2.65 bits per heavy atom. The lowest BCUT2D eigenvalue weighted by molar-refractivity contribution is 0.451. The normalized spacial score (nSPS) is 20.4. The second kappa shape index (κ2) is 10.2. The van der Waals surface area contributed by atoms with Gasteiger partial charge in [-0.1, -0.05) is 34.1 Å². The van der Waals surface area contributed by atoms with Crippen LogP contribution in [0, 0.1) is 41.8 Å². The Morgan fingerprint density at radius 1 is 1.18 bits per heavy atom. The van der Waals surface area contributed by atoms with Gasteiger partial charge in [-0.25, -0.2) is 14.4 Å². The lowest BCUT2D eigenvalue weighted by atomic mass is 9.91. The summed E-state index contributed by atoms with van der Waals surface area (Å²) >= 11 is 0. The number of aryl methyl sites for hydroxylation is 1. The van der Waals surface area contributed by atoms with E-state index in [0.29, 0.717) is 24.0 Å². The Balaban J connectivity index is 1.66. The van der Waals surface area contributed by atoms with Crippen LogP contribution in [0.3, 0.4) is 0 Å². The zero-order valence-electron chi connectivity index (χ0n) is 21.1. The van der Waals surface area contributed by atoms with Crippen LogP contribution in [0.4, 0.5) is 4.39 Å². The van der Waals surface area contributed by atoms with E-state index in [4.69, 9.17) is 4.98 Å². The van der Waals surface area contributed by atoms with E-state index in [9.17, 15) is 5.26 Å². The zero-order valence-corrected chi connectivity index (χ0v) is 21.1. The first-order valence-electron chi connectivity index (χ1n) is 12.7. The summed E-state index contributed by atoms with van der Waals surface area (Å²) in [5, 5.41) is 11.0. The van der Waals surface area contributed by atoms with Gasteiger partial charge in [0.15, 0.2) is 0 Å². The van der Waals surface area contributed by atoms with Crippen LogP contribution in [0.15, 0.2) is 18.6 Å². The van der Waals surface area contributed by atoms with E-state index >= 15 is 4.39 Å². The maximum absolute atomic E-state index is 15.4. The SMILES string of the molecule is CCCc1c(F)c(CC(C)C)nc(CC2CC(C#N)C(n3ccc4c(C)ncnc43)C2)c1CC. The minimum Gasteiger partial charge on any atom is -0.328 e. The van der Waals surface area contributed by atoms with E-state index in [-0.39, 0.29) is 17.8 Å². The van der Waals surface area contributed by atoms with Crippen molar-refractivity contribution in [3.8, 4) is 6.07 Å². The Morgan fingerprint density at radius 2 is 1.97 bits per heavy atom. The Bertz CT molecular complexity index is 1210. The van der Waals surface area contributed by atoms with Crippen LogP contribution in [-0.4, -0.2) is 19.5 Å². The highest BCUT2D eigenvalue weighted by molar-refractivity contribution is 5.78. The minimum atomic E-state index is -0.0933. The van der Waals surface area contributed by atoms with Gasteiger partial charge in [0, 0.05) is 17.3 Å². The number of aromatic nitrogens is 4. The van der Waals surface area contributed by atoms with Crippen molar-refractivity contribution in [2.24, 2.45) is 17.8 Å². The second-order valence-corrected chi connectivity index (χ2v) is 10.2. The molecule has 0 amide bonds. The van der Waals surface area contributed by atoms with Crippen LogP contribution in [0.25, 0.3) is 11.0 Å². The maximum atomic E-state index is 15.4. The second-order valence-electron chi connectivity index (χ2n) is 10.2. The molecule has 3 heterocycles. The average Bonchev–Trinajstić information content (AvgIpc) is 3.41. The average molecular weight is 462 g/mol. The molecule has 3 aromatic rings. The van der Waals surface area contributed by atoms with Crippen molar-refractivity contribution < 1.29 is 4.39 Å². The molecular formula is C28H36FN5. The third-order valence-corrected chi connectivity index (χ3v) is 7.30. The molecule has 180 valence electrons. The summed E-state index contributed by atoms with van der Waals surface area (Å²) in [6.07, 6.45) is 9.28. The highest BCUT2D eigenvalue weighted by Crippen LogP contribution is 2.43. The van der Waals surface area contributed by atoms with Gasteiger partial charge >= 0.3 is 0 Å². The number of rotatable bonds is 8. The largest absolute Gasteiger partial charge is 0.328 e. The summed E-state index contributed by atoms with van der Waals surface area (Å²) < 4.78 is 17.6. The van der Waals surface area contributed by atoms with Gasteiger partial charge in [-0.05, 0) is 74.5 Å². The Labute approximate surface area is 202 Å². The highest BCUT2D eigenvalue weighted by Gasteiger charge is 2.37. The fraction of sp³-hybridized carbons (Fsp3) is 0.571. The molecule has 0 bridgehead atoms. The van der Waals surface area contributed by atoms with E-state index in [1.807, 2.05) is 6.92 Å². The third-order valence-electron chi connectivity index (χ3n) is 7.30. The van der Waals surface area contributed by atoms with Crippen molar-refractivity contribution in [3.05, 3.63) is 52.6 Å². The number of nitriles is 1. The van der Waals surface area contributed by atoms with Crippen molar-refractivity contribution in [2.45, 2.75) is 85.6 Å². The molecule has 1 aliphatic rings. The van der Waals surface area contributed by atoms with Gasteiger partial charge in [-0.3, -0.25) is 4.98 Å². The summed E-state index contributed by atoms with van der Waals surface area (Å²) in [6.45, 7) is 10.4. The van der Waals surface area contributed by atoms with Gasteiger partial charge in [0.05, 0.1) is 29.4 Å².